The third-order valence-corrected chi connectivity index (χ3v) is 140. The first kappa shape index (κ1) is 42.3. The van der Waals surface area contributed by atoms with Crippen molar-refractivity contribution >= 4 is 158 Å². The Morgan fingerprint density at radius 3 is 0.738 bits per heavy atom. The first-order chi connectivity index (χ1) is 19.1. The van der Waals surface area contributed by atoms with Gasteiger partial charge < -0.3 is 88.9 Å². The minimum atomic E-state index is -4.37. The van der Waals surface area contributed by atoms with Crippen molar-refractivity contribution in [3.8, 4) is 0 Å². The molecule has 0 atom stereocenters. The van der Waals surface area contributed by atoms with Gasteiger partial charge in [-0.1, -0.05) is 0 Å². The summed E-state index contributed by atoms with van der Waals surface area (Å²) >= 11 is 0. The van der Waals surface area contributed by atoms with Crippen molar-refractivity contribution in [3.63, 3.8) is 0 Å². The fraction of sp³-hybridized carbons (Fsp3) is 1.00. The topological polar surface area (TPSA) is 334 Å². The van der Waals surface area contributed by atoms with Crippen molar-refractivity contribution in [2.24, 2.45) is 0 Å². The van der Waals surface area contributed by atoms with Crippen molar-refractivity contribution in [2.75, 3.05) is 0 Å². The molecule has 0 aliphatic carbocycles. The van der Waals surface area contributed by atoms with Crippen LogP contribution in [0.5, 0.6) is 0 Å². The summed E-state index contributed by atoms with van der Waals surface area (Å²) < 4.78 is 234. The van der Waals surface area contributed by atoms with E-state index in [9.17, 15) is 84.8 Å². The van der Waals surface area contributed by atoms with Gasteiger partial charge in [0.1, 0.15) is 0 Å². The van der Waals surface area contributed by atoms with Gasteiger partial charge in [-0.3, -0.25) is 0 Å². The van der Waals surface area contributed by atoms with E-state index in [0.717, 1.165) is 0 Å². The van der Waals surface area contributed by atoms with Crippen LogP contribution in [0.15, 0.2) is 0 Å². The van der Waals surface area contributed by atoms with Crippen LogP contribution in [0.3, 0.4) is 0 Å². The molecule has 42 heavy (non-hydrogen) atoms. The zero-order valence-corrected chi connectivity index (χ0v) is 40.4. The second kappa shape index (κ2) is 19.1. The quantitative estimate of drug-likeness (QED) is 0.102. The summed E-state index contributed by atoms with van der Waals surface area (Å²) in [6.07, 6.45) is 0. The Morgan fingerprint density at radius 1 is 0.357 bits per heavy atom. The lowest BCUT2D eigenvalue weighted by molar-refractivity contribution is 0.471. The average Bonchev–Trinajstić information content (AvgIpc) is 2.97. The van der Waals surface area contributed by atoms with Gasteiger partial charge in [0, 0.05) is 0 Å². The first-order valence-corrected chi connectivity index (χ1v) is 56.9. The summed E-state index contributed by atoms with van der Waals surface area (Å²) in [5, 5.41) is 0. The number of rotatable bonds is 20. The molecule has 0 saturated carbocycles. The van der Waals surface area contributed by atoms with Gasteiger partial charge in [-0.05, 0) is 13.1 Å². The molecule has 0 aromatic rings. The molecule has 0 aromatic carbocycles. The van der Waals surface area contributed by atoms with E-state index in [-0.39, 0.29) is 0 Å². The zero-order chi connectivity index (χ0) is 33.4. The van der Waals surface area contributed by atoms with Crippen LogP contribution in [0.2, 0.25) is 13.1 Å². The van der Waals surface area contributed by atoms with Crippen molar-refractivity contribution in [3.05, 3.63) is 0 Å². The molecule has 0 saturated heterocycles. The molecular weight excluding hydrogens is 906 g/mol. The number of hydrogen-bond donors (Lipinski definition) is 0. The van der Waals surface area contributed by atoms with E-state index in [1.165, 1.54) is 13.1 Å². The molecule has 0 bridgehead atoms. The zero-order valence-electron chi connectivity index (χ0n) is 20.2. The van der Waals surface area contributed by atoms with Crippen LogP contribution >= 0.6 is 0 Å². The summed E-state index contributed by atoms with van der Waals surface area (Å²) in [7, 11) is -77.4. The van der Waals surface area contributed by atoms with Crippen molar-refractivity contribution in [2.45, 2.75) is 13.1 Å². The van der Waals surface area contributed by atoms with Gasteiger partial charge in [0.25, 0.3) is 0 Å². The maximum absolute atomic E-state index is 12.4. The predicted molar refractivity (Wildman–Crippen MR) is 142 cm³/mol. The van der Waals surface area contributed by atoms with E-state index >= 15 is 0 Å². The smallest absolute Gasteiger partial charge is 0.532 e. The van der Waals surface area contributed by atoms with Gasteiger partial charge in [-0.15, -0.1) is 0 Å². The normalized spacial score (nSPS) is 9.79. The molecule has 0 heterocycles. The van der Waals surface area contributed by atoms with Crippen molar-refractivity contribution < 1.29 is 88.9 Å². The molecule has 0 aromatic heterocycles. The Morgan fingerprint density at radius 2 is 0.548 bits per heavy atom. The molecule has 0 fully saturated rings. The fourth-order valence-corrected chi connectivity index (χ4v) is 199. The van der Waals surface area contributed by atoms with E-state index in [1.807, 2.05) is 0 Å². The minimum absolute atomic E-state index is 1.50. The number of hydrogen-bond acceptors (Lipinski definition) is 20. The van der Waals surface area contributed by atoms with Gasteiger partial charge in [0.2, 0.25) is 9.04 Å². The molecule has 1 radical (unpaired) electrons. The summed E-state index contributed by atoms with van der Waals surface area (Å²) in [5.74, 6) is 0. The summed E-state index contributed by atoms with van der Waals surface area (Å²) in [4.78, 5) is 0. The molecule has 215 valence electrons. The Hall–Kier alpha value is 0.338. The molecule has 40 heteroatoms. The monoisotopic (exact) mass is 910 g/mol. The average molecular weight is 913 g/mol. The van der Waals surface area contributed by atoms with Crippen LogP contribution in [-0.2, 0) is 88.9 Å². The lowest BCUT2D eigenvalue weighted by atomic mass is 11.9. The van der Waals surface area contributed by atoms with Crippen molar-refractivity contribution in [1.82, 2.24) is 0 Å². The van der Waals surface area contributed by atoms with E-state index in [4.69, 9.17) is 4.12 Å². The Kier molecular flexibility index (Phi) is 19.3. The Labute approximate surface area is 257 Å². The Balaban J connectivity index is 5.67. The van der Waals surface area contributed by atoms with Crippen LogP contribution in [0.25, 0.3) is 0 Å². The highest BCUT2D eigenvalue weighted by atomic mass is 30.1. The van der Waals surface area contributed by atoms with Crippen LogP contribution in [-0.4, -0.2) is 158 Å². The second-order valence-electron chi connectivity index (χ2n) is 7.15. The molecule has 20 nitrogen and oxygen atoms in total. The standard InChI is InChI=1S/C2H7O20Si20/c1-24(2)22-25(4)27(6)29(8)31(10)33(12)35(14)37(16)39(18)41(20)42(21)40(19)38(17)36(15)34(13)32(11)30(9)28(7)26(5)23-3/h24H,1-2H3. The molecule has 0 amide bonds. The predicted octanol–water partition coefficient (Wildman–Crippen LogP) is -9.04. The fourth-order valence-electron chi connectivity index (χ4n) is 1.95. The van der Waals surface area contributed by atoms with E-state index in [1.54, 1.807) is 0 Å². The molecule has 0 N–H and O–H groups in total. The van der Waals surface area contributed by atoms with E-state index in [0.29, 0.717) is 0 Å². The first-order valence-electron chi connectivity index (χ1n) is 9.97. The van der Waals surface area contributed by atoms with Crippen LogP contribution in [0.1, 0.15) is 0 Å². The molecule has 0 aliphatic rings. The molecule has 0 aliphatic heterocycles. The Bertz CT molecular complexity index is 1550. The van der Waals surface area contributed by atoms with Gasteiger partial charge >= 0.3 is 149 Å². The SMILES string of the molecule is C[SiH](C)O[Si](=O)[Si](=O)[Si](=O)[Si](=O)[Si](=O)[Si](=O)[Si](=O)[Si](=O)[Si](=O)[Si](=O)[Si](=O)[Si](=O)[Si](=O)[Si](=O)[Si](=O)[Si](=O)[Si](=O)[Si](=O)[Si]=O. The van der Waals surface area contributed by atoms with Gasteiger partial charge in [-0.25, -0.2) is 0 Å². The summed E-state index contributed by atoms with van der Waals surface area (Å²) in [6, 6.07) is 0. The van der Waals surface area contributed by atoms with Crippen LogP contribution < -0.4 is 0 Å². The largest absolute Gasteiger partial charge is 0.580 e. The summed E-state index contributed by atoms with van der Waals surface area (Å²) in [6.45, 7) is 3.00. The van der Waals surface area contributed by atoms with E-state index < -0.39 is 158 Å². The lowest BCUT2D eigenvalue weighted by Gasteiger charge is -2.03. The van der Waals surface area contributed by atoms with Crippen LogP contribution in [0, 0.1) is 0 Å². The second-order valence-corrected chi connectivity index (χ2v) is 95.8. The highest BCUT2D eigenvalue weighted by molar-refractivity contribution is 7.82. The van der Waals surface area contributed by atoms with Gasteiger partial charge in [-0.2, -0.15) is 0 Å². The van der Waals surface area contributed by atoms with Crippen LogP contribution in [0.4, 0.5) is 0 Å². The maximum atomic E-state index is 12.4. The molecule has 0 spiro atoms. The molecular formula is C2H7O20Si20. The molecule has 0 rings (SSSR count). The van der Waals surface area contributed by atoms with E-state index in [2.05, 4.69) is 0 Å². The highest BCUT2D eigenvalue weighted by Crippen LogP contribution is 1.89. The van der Waals surface area contributed by atoms with Gasteiger partial charge in [0.15, 0.2) is 0 Å². The highest BCUT2D eigenvalue weighted by Gasteiger charge is 2.55. The minimum Gasteiger partial charge on any atom is -0.580 e. The van der Waals surface area contributed by atoms with Gasteiger partial charge in [0.05, 0.1) is 0 Å². The summed E-state index contributed by atoms with van der Waals surface area (Å²) in [5.41, 5.74) is 0. The third kappa shape index (κ3) is 11.3. The lowest BCUT2D eigenvalue weighted by Crippen LogP contribution is -2.56. The molecule has 0 unspecified atom stereocenters. The maximum Gasteiger partial charge on any atom is 0.532 e. The van der Waals surface area contributed by atoms with Crippen molar-refractivity contribution in [1.29, 1.82) is 0 Å². The third-order valence-electron chi connectivity index (χ3n) is 3.92.